The molecule has 28 heavy (non-hydrogen) atoms. The van der Waals surface area contributed by atoms with Gasteiger partial charge < -0.3 is 9.30 Å². The Hall–Kier alpha value is -2.78. The van der Waals surface area contributed by atoms with Gasteiger partial charge in [-0.25, -0.2) is 17.5 Å². The van der Waals surface area contributed by atoms with Crippen molar-refractivity contribution in [3.8, 4) is 17.1 Å². The molecule has 3 aromatic rings. The van der Waals surface area contributed by atoms with Crippen LogP contribution in [0.25, 0.3) is 11.4 Å². The third-order valence-corrected chi connectivity index (χ3v) is 6.29. The van der Waals surface area contributed by atoms with Crippen molar-refractivity contribution in [3.63, 3.8) is 0 Å². The highest BCUT2D eigenvalue weighted by atomic mass is 32.2. The van der Waals surface area contributed by atoms with E-state index in [0.29, 0.717) is 31.0 Å². The van der Waals surface area contributed by atoms with Crippen LogP contribution in [-0.4, -0.2) is 36.3 Å². The Labute approximate surface area is 162 Å². The maximum absolute atomic E-state index is 13.2. The van der Waals surface area contributed by atoms with E-state index >= 15 is 0 Å². The first-order valence-electron chi connectivity index (χ1n) is 8.81. The van der Waals surface area contributed by atoms with Crippen molar-refractivity contribution in [1.29, 1.82) is 0 Å². The average Bonchev–Trinajstić information content (AvgIpc) is 3.11. The third kappa shape index (κ3) is 3.50. The second kappa shape index (κ2) is 7.33. The molecule has 0 radical (unpaired) electrons. The first kappa shape index (κ1) is 18.6. The van der Waals surface area contributed by atoms with Gasteiger partial charge in [0, 0.05) is 24.6 Å². The van der Waals surface area contributed by atoms with Gasteiger partial charge in [-0.15, -0.1) is 10.2 Å². The van der Waals surface area contributed by atoms with Crippen LogP contribution in [0.1, 0.15) is 12.2 Å². The van der Waals surface area contributed by atoms with E-state index in [9.17, 15) is 12.8 Å². The van der Waals surface area contributed by atoms with Gasteiger partial charge in [0.05, 0.1) is 7.11 Å². The lowest BCUT2D eigenvalue weighted by molar-refractivity contribution is 0.398. The normalized spacial score (nSPS) is 16.6. The van der Waals surface area contributed by atoms with Crippen LogP contribution >= 0.6 is 0 Å². The number of hydrogen-bond acceptors (Lipinski definition) is 5. The van der Waals surface area contributed by atoms with Crippen molar-refractivity contribution in [2.75, 3.05) is 7.11 Å². The fourth-order valence-electron chi connectivity index (χ4n) is 3.36. The number of fused-ring (bicyclic) bond motifs is 1. The van der Waals surface area contributed by atoms with E-state index in [0.717, 1.165) is 11.4 Å². The lowest BCUT2D eigenvalue weighted by atomic mass is 10.1. The number of nitrogens with zero attached hydrogens (tertiary/aromatic N) is 3. The van der Waals surface area contributed by atoms with Gasteiger partial charge in [0.2, 0.25) is 10.0 Å². The zero-order valence-corrected chi connectivity index (χ0v) is 16.0. The summed E-state index contributed by atoms with van der Waals surface area (Å²) in [5.74, 6) is 1.34. The molecule has 146 valence electrons. The number of methoxy groups -OCH3 is 1. The molecule has 1 atom stereocenters. The minimum atomic E-state index is -3.75. The van der Waals surface area contributed by atoms with Crippen LogP contribution < -0.4 is 9.46 Å². The third-order valence-electron chi connectivity index (χ3n) is 4.73. The summed E-state index contributed by atoms with van der Waals surface area (Å²) in [6, 6.07) is 12.2. The van der Waals surface area contributed by atoms with Crippen molar-refractivity contribution in [1.82, 2.24) is 19.5 Å². The highest BCUT2D eigenvalue weighted by Crippen LogP contribution is 2.26. The van der Waals surface area contributed by atoms with Gasteiger partial charge in [-0.05, 0) is 42.8 Å². The molecule has 0 saturated heterocycles. The fraction of sp³-hybridized carbons (Fsp3) is 0.263. The van der Waals surface area contributed by atoms with Gasteiger partial charge in [-0.2, -0.15) is 0 Å². The van der Waals surface area contributed by atoms with Crippen LogP contribution in [0.3, 0.4) is 0 Å². The lowest BCUT2D eigenvalue weighted by Gasteiger charge is -2.25. The van der Waals surface area contributed by atoms with Crippen molar-refractivity contribution in [2.45, 2.75) is 30.3 Å². The minimum absolute atomic E-state index is 0.103. The molecule has 4 rings (SSSR count). The molecule has 2 aromatic carbocycles. The predicted octanol–water partition coefficient (Wildman–Crippen LogP) is 2.39. The highest BCUT2D eigenvalue weighted by molar-refractivity contribution is 7.89. The molecule has 9 heteroatoms. The molecule has 1 N–H and O–H groups in total. The van der Waals surface area contributed by atoms with E-state index in [1.54, 1.807) is 30.3 Å². The molecule has 1 aromatic heterocycles. The van der Waals surface area contributed by atoms with Crippen molar-refractivity contribution in [2.24, 2.45) is 0 Å². The molecule has 0 aliphatic carbocycles. The molecule has 0 saturated carbocycles. The quantitative estimate of drug-likeness (QED) is 0.708. The molecule has 0 spiro atoms. The first-order chi connectivity index (χ1) is 13.5. The highest BCUT2D eigenvalue weighted by Gasteiger charge is 2.28. The van der Waals surface area contributed by atoms with E-state index < -0.39 is 10.0 Å². The van der Waals surface area contributed by atoms with E-state index in [4.69, 9.17) is 4.74 Å². The molecule has 0 amide bonds. The largest absolute Gasteiger partial charge is 0.495 e. The van der Waals surface area contributed by atoms with Gasteiger partial charge in [0.15, 0.2) is 5.82 Å². The van der Waals surface area contributed by atoms with Crippen LogP contribution in [-0.2, 0) is 23.0 Å². The van der Waals surface area contributed by atoms with E-state index in [1.807, 2.05) is 4.57 Å². The van der Waals surface area contributed by atoms with Crippen molar-refractivity contribution in [3.05, 3.63) is 60.2 Å². The molecule has 7 nitrogen and oxygen atoms in total. The van der Waals surface area contributed by atoms with Gasteiger partial charge in [0.25, 0.3) is 0 Å². The molecule has 1 unspecified atom stereocenters. The van der Waals surface area contributed by atoms with E-state index in [-0.39, 0.29) is 16.8 Å². The Morgan fingerprint density at radius 1 is 1.14 bits per heavy atom. The summed E-state index contributed by atoms with van der Waals surface area (Å²) in [5, 5.41) is 8.40. The van der Waals surface area contributed by atoms with Crippen LogP contribution in [0.2, 0.25) is 0 Å². The van der Waals surface area contributed by atoms with Crippen LogP contribution in [0.5, 0.6) is 5.75 Å². The lowest BCUT2D eigenvalue weighted by Crippen LogP contribution is -2.41. The number of sulfonamides is 1. The summed E-state index contributed by atoms with van der Waals surface area (Å²) in [7, 11) is -2.31. The number of aromatic nitrogens is 3. The van der Waals surface area contributed by atoms with Crippen LogP contribution in [0.4, 0.5) is 4.39 Å². The standard InChI is InChI=1S/C19H19FN4O3S/c1-27-16-4-2-3-5-17(16)28(25,26)23-15-10-11-18-21-22-19(24(18)12-15)13-6-8-14(20)9-7-13/h2-9,15,23H,10-12H2,1H3. The number of rotatable bonds is 5. The minimum Gasteiger partial charge on any atom is -0.495 e. The number of aryl methyl sites for hydroxylation is 1. The average molecular weight is 402 g/mol. The van der Waals surface area contributed by atoms with Gasteiger partial charge >= 0.3 is 0 Å². The maximum Gasteiger partial charge on any atom is 0.244 e. The molecule has 0 fully saturated rings. The Morgan fingerprint density at radius 2 is 1.89 bits per heavy atom. The number of ether oxygens (including phenoxy) is 1. The van der Waals surface area contributed by atoms with Crippen molar-refractivity contribution < 1.29 is 17.5 Å². The Bertz CT molecular complexity index is 1100. The number of benzene rings is 2. The number of para-hydroxylation sites is 1. The van der Waals surface area contributed by atoms with E-state index in [2.05, 4.69) is 14.9 Å². The monoisotopic (exact) mass is 402 g/mol. The Morgan fingerprint density at radius 3 is 2.64 bits per heavy atom. The zero-order valence-electron chi connectivity index (χ0n) is 15.2. The molecular formula is C19H19FN4O3S. The summed E-state index contributed by atoms with van der Waals surface area (Å²) in [6.45, 7) is 0.392. The molecule has 2 heterocycles. The topological polar surface area (TPSA) is 86.1 Å². The summed E-state index contributed by atoms with van der Waals surface area (Å²) in [4.78, 5) is 0.103. The van der Waals surface area contributed by atoms with Gasteiger partial charge in [-0.3, -0.25) is 0 Å². The molecule has 0 bridgehead atoms. The maximum atomic E-state index is 13.2. The van der Waals surface area contributed by atoms with Gasteiger partial charge in [0.1, 0.15) is 22.3 Å². The number of halogens is 1. The van der Waals surface area contributed by atoms with Gasteiger partial charge in [-0.1, -0.05) is 12.1 Å². The number of hydrogen-bond donors (Lipinski definition) is 1. The smallest absolute Gasteiger partial charge is 0.244 e. The fourth-order valence-corrected chi connectivity index (χ4v) is 4.79. The predicted molar refractivity (Wildman–Crippen MR) is 101 cm³/mol. The van der Waals surface area contributed by atoms with Crippen LogP contribution in [0.15, 0.2) is 53.4 Å². The first-order valence-corrected chi connectivity index (χ1v) is 10.3. The molecule has 1 aliphatic rings. The van der Waals surface area contributed by atoms with E-state index in [1.165, 1.54) is 25.3 Å². The Balaban J connectivity index is 1.59. The summed E-state index contributed by atoms with van der Waals surface area (Å²) in [5.41, 5.74) is 0.730. The van der Waals surface area contributed by atoms with Crippen molar-refractivity contribution >= 4 is 10.0 Å². The van der Waals surface area contributed by atoms with Crippen LogP contribution in [0, 0.1) is 5.82 Å². The molecular weight excluding hydrogens is 383 g/mol. The second-order valence-corrected chi connectivity index (χ2v) is 8.25. The number of nitrogens with one attached hydrogen (secondary N) is 1. The summed E-state index contributed by atoms with van der Waals surface area (Å²) >= 11 is 0. The zero-order chi connectivity index (χ0) is 19.7. The molecule has 1 aliphatic heterocycles. The Kier molecular flexibility index (Phi) is 4.86. The second-order valence-electron chi connectivity index (χ2n) is 6.57. The summed E-state index contributed by atoms with van der Waals surface area (Å²) < 4.78 is 48.7. The summed E-state index contributed by atoms with van der Waals surface area (Å²) in [6.07, 6.45) is 1.20. The SMILES string of the molecule is COc1ccccc1S(=O)(=O)NC1CCc2nnc(-c3ccc(F)cc3)n2C1.